The van der Waals surface area contributed by atoms with Crippen LogP contribution < -0.4 is 0 Å². The van der Waals surface area contributed by atoms with Crippen LogP contribution in [-0.4, -0.2) is 22.6 Å². The predicted octanol–water partition coefficient (Wildman–Crippen LogP) is 10.2. The van der Waals surface area contributed by atoms with Crippen LogP contribution in [0.3, 0.4) is 0 Å². The molecule has 0 spiro atoms. The number of alkyl halides is 6. The number of hydrogen-bond donors (Lipinski definition) is 0. The van der Waals surface area contributed by atoms with E-state index in [0.29, 0.717) is 6.07 Å². The molecule has 0 fully saturated rings. The molecule has 2 aromatic rings. The Balaban J connectivity index is 2.46. The molecule has 38 heavy (non-hydrogen) atoms. The van der Waals surface area contributed by atoms with Crippen LogP contribution in [0.5, 0.6) is 0 Å². The molecule has 2 aromatic carbocycles. The van der Waals surface area contributed by atoms with Gasteiger partial charge in [-0.3, -0.25) is 4.79 Å². The van der Waals surface area contributed by atoms with Gasteiger partial charge in [0.1, 0.15) is 17.3 Å². The molecule has 0 radical (unpaired) electrons. The second-order valence-corrected chi connectivity index (χ2v) is 10.8. The average Bonchev–Trinajstić information content (AvgIpc) is 2.76. The van der Waals surface area contributed by atoms with Gasteiger partial charge in [0.05, 0.1) is 27.1 Å². The van der Waals surface area contributed by atoms with Gasteiger partial charge < -0.3 is 4.74 Å². The normalized spacial score (nSPS) is 13.9. The van der Waals surface area contributed by atoms with E-state index >= 15 is 4.39 Å². The lowest BCUT2D eigenvalue weighted by Crippen LogP contribution is -2.24. The Morgan fingerprint density at radius 1 is 0.974 bits per heavy atom. The molecule has 2 rings (SSSR count). The van der Waals surface area contributed by atoms with E-state index in [1.165, 1.54) is 0 Å². The van der Waals surface area contributed by atoms with Gasteiger partial charge in [-0.1, -0.05) is 59.2 Å². The Kier molecular flexibility index (Phi) is 10.3. The number of allylic oxidation sites excluding steroid dienone is 1. The molecule has 0 bridgehead atoms. The summed E-state index contributed by atoms with van der Waals surface area (Å²) >= 11 is 22.4. The standard InChI is InChI=1S/C25H20Cl3F7O2S/c1-23(2,3)37-21(36)7-6-20(38)14-5-4-12(8-16(14)25(33,34)35)19(29)11-15(24(30,31)32)13-9-17(26)22(28)18(27)10-13/h4-5,8-11,15H,6-7H2,1-3H3/b19-11-. The zero-order valence-electron chi connectivity index (χ0n) is 20.0. The molecule has 1 unspecified atom stereocenters. The van der Waals surface area contributed by atoms with E-state index in [9.17, 15) is 31.1 Å². The van der Waals surface area contributed by atoms with E-state index in [4.69, 9.17) is 51.8 Å². The lowest BCUT2D eigenvalue weighted by Gasteiger charge is -2.20. The Hall–Kier alpha value is -1.88. The van der Waals surface area contributed by atoms with Crippen molar-refractivity contribution in [3.8, 4) is 0 Å². The summed E-state index contributed by atoms with van der Waals surface area (Å²) in [7, 11) is 0. The third kappa shape index (κ3) is 8.83. The first kappa shape index (κ1) is 32.3. The monoisotopic (exact) mass is 622 g/mol. The van der Waals surface area contributed by atoms with E-state index in [1.807, 2.05) is 0 Å². The first-order chi connectivity index (χ1) is 17.2. The minimum Gasteiger partial charge on any atom is -0.460 e. The Morgan fingerprint density at radius 3 is 2.00 bits per heavy atom. The fourth-order valence-corrected chi connectivity index (χ4v) is 4.18. The molecule has 1 atom stereocenters. The maximum Gasteiger partial charge on any atom is 0.417 e. The summed E-state index contributed by atoms with van der Waals surface area (Å²) in [5.74, 6) is -4.86. The lowest BCUT2D eigenvalue weighted by molar-refractivity contribution is -0.154. The van der Waals surface area contributed by atoms with Gasteiger partial charge in [0.15, 0.2) is 0 Å². The van der Waals surface area contributed by atoms with Crippen LogP contribution in [-0.2, 0) is 15.7 Å². The van der Waals surface area contributed by atoms with Crippen LogP contribution in [0.2, 0.25) is 15.1 Å². The zero-order chi connectivity index (χ0) is 29.2. The number of halogens is 10. The summed E-state index contributed by atoms with van der Waals surface area (Å²) in [5.41, 5.74) is -4.01. The quantitative estimate of drug-likeness (QED) is 0.101. The van der Waals surface area contributed by atoms with Crippen molar-refractivity contribution in [1.82, 2.24) is 0 Å². The molecule has 0 aliphatic rings. The maximum absolute atomic E-state index is 15.0. The van der Waals surface area contributed by atoms with Crippen molar-refractivity contribution in [2.75, 3.05) is 0 Å². The van der Waals surface area contributed by atoms with Crippen LogP contribution >= 0.6 is 47.0 Å². The van der Waals surface area contributed by atoms with Gasteiger partial charge in [-0.05, 0) is 57.0 Å². The number of carbonyl (C=O) groups excluding carboxylic acids is 1. The van der Waals surface area contributed by atoms with E-state index in [1.54, 1.807) is 20.8 Å². The first-order valence-corrected chi connectivity index (χ1v) is 12.3. The first-order valence-electron chi connectivity index (χ1n) is 10.8. The van der Waals surface area contributed by atoms with Gasteiger partial charge in [-0.25, -0.2) is 4.39 Å². The highest BCUT2D eigenvalue weighted by atomic mass is 35.5. The smallest absolute Gasteiger partial charge is 0.417 e. The molecular formula is C25H20Cl3F7O2S. The molecule has 0 aliphatic heterocycles. The van der Waals surface area contributed by atoms with Gasteiger partial charge in [-0.15, -0.1) is 0 Å². The molecule has 0 saturated carbocycles. The summed E-state index contributed by atoms with van der Waals surface area (Å²) in [4.78, 5) is 11.7. The number of ether oxygens (including phenoxy) is 1. The predicted molar refractivity (Wildman–Crippen MR) is 138 cm³/mol. The minimum atomic E-state index is -5.05. The number of carbonyl (C=O) groups is 1. The molecule has 0 amide bonds. The van der Waals surface area contributed by atoms with E-state index in [-0.39, 0.29) is 38.9 Å². The molecule has 2 nitrogen and oxygen atoms in total. The maximum atomic E-state index is 15.0. The summed E-state index contributed by atoms with van der Waals surface area (Å²) < 4.78 is 103. The fraction of sp³-hybridized carbons (Fsp3) is 0.360. The topological polar surface area (TPSA) is 26.3 Å². The third-order valence-corrected chi connectivity index (χ3v) is 6.53. The number of esters is 1. The number of thiocarbonyl (C=S) groups is 1. The average molecular weight is 624 g/mol. The van der Waals surface area contributed by atoms with Crippen molar-refractivity contribution in [1.29, 1.82) is 0 Å². The van der Waals surface area contributed by atoms with Gasteiger partial charge in [0.25, 0.3) is 0 Å². The summed E-state index contributed by atoms with van der Waals surface area (Å²) in [6.45, 7) is 4.85. The third-order valence-electron chi connectivity index (χ3n) is 4.91. The molecule has 13 heteroatoms. The second-order valence-electron chi connectivity index (χ2n) is 9.10. The van der Waals surface area contributed by atoms with Crippen molar-refractivity contribution in [2.24, 2.45) is 0 Å². The van der Waals surface area contributed by atoms with E-state index < -0.39 is 57.9 Å². The zero-order valence-corrected chi connectivity index (χ0v) is 23.0. The molecule has 0 N–H and O–H groups in total. The van der Waals surface area contributed by atoms with E-state index in [2.05, 4.69) is 0 Å². The van der Waals surface area contributed by atoms with Crippen LogP contribution in [0.1, 0.15) is 61.8 Å². The highest BCUT2D eigenvalue weighted by molar-refractivity contribution is 7.80. The van der Waals surface area contributed by atoms with Crippen molar-refractivity contribution in [2.45, 2.75) is 57.5 Å². The largest absolute Gasteiger partial charge is 0.460 e. The number of rotatable bonds is 7. The van der Waals surface area contributed by atoms with Crippen molar-refractivity contribution >= 4 is 63.7 Å². The van der Waals surface area contributed by atoms with Crippen molar-refractivity contribution in [3.05, 3.63) is 73.7 Å². The fourth-order valence-electron chi connectivity index (χ4n) is 3.29. The van der Waals surface area contributed by atoms with Crippen molar-refractivity contribution < 1.29 is 40.3 Å². The number of benzene rings is 2. The van der Waals surface area contributed by atoms with E-state index in [0.717, 1.165) is 24.3 Å². The Bertz CT molecular complexity index is 1230. The molecule has 0 heterocycles. The molecular weight excluding hydrogens is 604 g/mol. The summed E-state index contributed by atoms with van der Waals surface area (Å²) in [6.07, 6.45) is -10.5. The van der Waals surface area contributed by atoms with Gasteiger partial charge >= 0.3 is 18.3 Å². The Labute approximate surface area is 234 Å². The highest BCUT2D eigenvalue weighted by Gasteiger charge is 2.41. The molecule has 0 saturated heterocycles. The van der Waals surface area contributed by atoms with Crippen molar-refractivity contribution in [3.63, 3.8) is 0 Å². The van der Waals surface area contributed by atoms with Crippen LogP contribution in [0, 0.1) is 0 Å². The van der Waals surface area contributed by atoms with Gasteiger partial charge in [-0.2, -0.15) is 26.3 Å². The summed E-state index contributed by atoms with van der Waals surface area (Å²) in [6, 6.07) is 3.75. The van der Waals surface area contributed by atoms with Gasteiger partial charge in [0.2, 0.25) is 0 Å². The van der Waals surface area contributed by atoms with Crippen LogP contribution in [0.4, 0.5) is 30.7 Å². The van der Waals surface area contributed by atoms with Crippen LogP contribution in [0.25, 0.3) is 5.83 Å². The second kappa shape index (κ2) is 12.1. The molecule has 0 aliphatic carbocycles. The molecule has 0 aromatic heterocycles. The summed E-state index contributed by atoms with van der Waals surface area (Å²) in [5, 5.41) is -0.850. The molecule has 208 valence electrons. The number of hydrogen-bond acceptors (Lipinski definition) is 3. The van der Waals surface area contributed by atoms with Crippen LogP contribution in [0.15, 0.2) is 36.4 Å². The highest BCUT2D eigenvalue weighted by Crippen LogP contribution is 2.43. The SMILES string of the molecule is CC(C)(C)OC(=O)CCC(=S)c1ccc(/C(F)=C/C(c2cc(Cl)c(Cl)c(Cl)c2)C(F)(F)F)cc1C(F)(F)F. The lowest BCUT2D eigenvalue weighted by atomic mass is 9.94. The minimum absolute atomic E-state index is 0.117. The van der Waals surface area contributed by atoms with Gasteiger partial charge in [0, 0.05) is 16.0 Å². The Morgan fingerprint density at radius 2 is 1.53 bits per heavy atom.